The van der Waals surface area contributed by atoms with Gasteiger partial charge in [-0.15, -0.1) is 0 Å². The van der Waals surface area contributed by atoms with E-state index in [4.69, 9.17) is 22.1 Å². The third-order valence-electron chi connectivity index (χ3n) is 3.42. The van der Waals surface area contributed by atoms with Gasteiger partial charge in [0.2, 0.25) is 0 Å². The molecule has 0 heterocycles. The average Bonchev–Trinajstić information content (AvgIpc) is 2.41. The molecule has 2 aromatic carbocycles. The molecule has 5 heteroatoms. The average molecular weight is 312 g/mol. The van der Waals surface area contributed by atoms with Crippen LogP contribution in [0.1, 0.15) is 28.3 Å². The van der Waals surface area contributed by atoms with Gasteiger partial charge in [-0.1, -0.05) is 23.7 Å². The molecule has 0 aromatic heterocycles. The summed E-state index contributed by atoms with van der Waals surface area (Å²) in [6.45, 7) is 3.75. The number of methoxy groups -OCH3 is 1. The summed E-state index contributed by atoms with van der Waals surface area (Å²) < 4.78 is 32.8. The minimum atomic E-state index is -0.778. The quantitative estimate of drug-likeness (QED) is 0.858. The van der Waals surface area contributed by atoms with Gasteiger partial charge in [-0.2, -0.15) is 0 Å². The lowest BCUT2D eigenvalue weighted by Gasteiger charge is -2.17. The molecular weight excluding hydrogens is 296 g/mol. The van der Waals surface area contributed by atoms with Crippen LogP contribution < -0.4 is 10.5 Å². The molecule has 2 rings (SSSR count). The summed E-state index contributed by atoms with van der Waals surface area (Å²) in [4.78, 5) is 0. The van der Waals surface area contributed by atoms with Crippen LogP contribution in [-0.2, 0) is 0 Å². The van der Waals surface area contributed by atoms with Crippen LogP contribution in [0.5, 0.6) is 5.75 Å². The van der Waals surface area contributed by atoms with E-state index in [0.717, 1.165) is 29.0 Å². The number of hydrogen-bond acceptors (Lipinski definition) is 2. The Hall–Kier alpha value is -1.65. The molecule has 1 unspecified atom stereocenters. The van der Waals surface area contributed by atoms with Crippen molar-refractivity contribution in [2.75, 3.05) is 7.11 Å². The van der Waals surface area contributed by atoms with E-state index in [1.807, 2.05) is 26.0 Å². The third-order valence-corrected chi connectivity index (χ3v) is 3.71. The Balaban J connectivity index is 2.50. The van der Waals surface area contributed by atoms with E-state index in [0.29, 0.717) is 5.56 Å². The van der Waals surface area contributed by atoms with E-state index in [2.05, 4.69) is 0 Å². The first-order valence-corrected chi connectivity index (χ1v) is 6.78. The zero-order valence-corrected chi connectivity index (χ0v) is 12.8. The molecule has 0 fully saturated rings. The van der Waals surface area contributed by atoms with Crippen molar-refractivity contribution in [1.29, 1.82) is 0 Å². The molecule has 0 spiro atoms. The summed E-state index contributed by atoms with van der Waals surface area (Å²) in [5.41, 5.74) is 8.61. The molecule has 0 saturated heterocycles. The fraction of sp³-hybridized carbons (Fsp3) is 0.250. The molecule has 21 heavy (non-hydrogen) atoms. The summed E-state index contributed by atoms with van der Waals surface area (Å²) in [5, 5.41) is -0.259. The number of rotatable bonds is 3. The normalized spacial score (nSPS) is 12.3. The Morgan fingerprint density at radius 2 is 1.62 bits per heavy atom. The fourth-order valence-corrected chi connectivity index (χ4v) is 2.59. The van der Waals surface area contributed by atoms with Crippen molar-refractivity contribution in [2.45, 2.75) is 19.9 Å². The van der Waals surface area contributed by atoms with Crippen LogP contribution in [0.4, 0.5) is 8.78 Å². The van der Waals surface area contributed by atoms with Crippen molar-refractivity contribution in [2.24, 2.45) is 5.73 Å². The van der Waals surface area contributed by atoms with Crippen LogP contribution in [-0.4, -0.2) is 7.11 Å². The van der Waals surface area contributed by atoms with Gasteiger partial charge in [-0.25, -0.2) is 8.78 Å². The molecule has 0 aliphatic heterocycles. The van der Waals surface area contributed by atoms with Gasteiger partial charge in [0.05, 0.1) is 18.2 Å². The maximum Gasteiger partial charge on any atom is 0.142 e. The van der Waals surface area contributed by atoms with Crippen LogP contribution >= 0.6 is 11.6 Å². The van der Waals surface area contributed by atoms with E-state index in [-0.39, 0.29) is 10.6 Å². The highest BCUT2D eigenvalue weighted by Gasteiger charge is 2.18. The number of benzene rings is 2. The van der Waals surface area contributed by atoms with E-state index in [1.54, 1.807) is 7.11 Å². The van der Waals surface area contributed by atoms with Crippen LogP contribution in [0, 0.1) is 25.5 Å². The predicted octanol–water partition coefficient (Wildman–Crippen LogP) is 4.29. The Morgan fingerprint density at radius 3 is 2.14 bits per heavy atom. The minimum Gasteiger partial charge on any atom is -0.496 e. The van der Waals surface area contributed by atoms with Crippen LogP contribution in [0.3, 0.4) is 0 Å². The Morgan fingerprint density at radius 1 is 1.05 bits per heavy atom. The van der Waals surface area contributed by atoms with Crippen molar-refractivity contribution in [3.05, 3.63) is 63.2 Å². The van der Waals surface area contributed by atoms with Crippen molar-refractivity contribution in [3.63, 3.8) is 0 Å². The van der Waals surface area contributed by atoms with Crippen molar-refractivity contribution in [1.82, 2.24) is 0 Å². The zero-order chi connectivity index (χ0) is 15.7. The largest absolute Gasteiger partial charge is 0.496 e. The molecule has 0 radical (unpaired) electrons. The smallest absolute Gasteiger partial charge is 0.142 e. The molecule has 112 valence electrons. The molecule has 0 bridgehead atoms. The second kappa shape index (κ2) is 6.00. The van der Waals surface area contributed by atoms with Crippen molar-refractivity contribution < 1.29 is 13.5 Å². The Bertz CT molecular complexity index is 665. The lowest BCUT2D eigenvalue weighted by molar-refractivity contribution is 0.408. The lowest BCUT2D eigenvalue weighted by Crippen LogP contribution is -2.15. The monoisotopic (exact) mass is 311 g/mol. The standard InChI is InChI=1S/C16H16ClF2NO/c1-8-4-10(5-9(2)16(8)21-3)15(20)11-6-14(19)12(17)7-13(11)18/h4-7,15H,20H2,1-3H3. The first kappa shape index (κ1) is 15.7. The number of hydrogen-bond donors (Lipinski definition) is 1. The highest BCUT2D eigenvalue weighted by atomic mass is 35.5. The maximum atomic E-state index is 14.0. The second-order valence-electron chi connectivity index (χ2n) is 4.95. The molecule has 1 atom stereocenters. The van der Waals surface area contributed by atoms with E-state index < -0.39 is 17.7 Å². The summed E-state index contributed by atoms with van der Waals surface area (Å²) in [7, 11) is 1.59. The molecule has 2 nitrogen and oxygen atoms in total. The number of halogens is 3. The molecule has 2 N–H and O–H groups in total. The lowest BCUT2D eigenvalue weighted by atomic mass is 9.95. The first-order valence-electron chi connectivity index (χ1n) is 6.40. The van der Waals surface area contributed by atoms with Gasteiger partial charge >= 0.3 is 0 Å². The molecule has 0 aliphatic rings. The topological polar surface area (TPSA) is 35.2 Å². The van der Waals surface area contributed by atoms with Gasteiger partial charge in [0.25, 0.3) is 0 Å². The molecule has 0 saturated carbocycles. The van der Waals surface area contributed by atoms with Crippen molar-refractivity contribution in [3.8, 4) is 5.75 Å². The summed E-state index contributed by atoms with van der Waals surface area (Å²) in [6.07, 6.45) is 0. The molecular formula is C16H16ClF2NO. The molecule has 0 aliphatic carbocycles. The third kappa shape index (κ3) is 3.01. The summed E-state index contributed by atoms with van der Waals surface area (Å²) >= 11 is 5.55. The van der Waals surface area contributed by atoms with Gasteiger partial charge < -0.3 is 10.5 Å². The molecule has 0 amide bonds. The zero-order valence-electron chi connectivity index (χ0n) is 12.0. The summed E-state index contributed by atoms with van der Waals surface area (Å²) in [6, 6.07) is 4.82. The van der Waals surface area contributed by atoms with Crippen LogP contribution in [0.15, 0.2) is 24.3 Å². The van der Waals surface area contributed by atoms with Crippen LogP contribution in [0.2, 0.25) is 5.02 Å². The highest BCUT2D eigenvalue weighted by molar-refractivity contribution is 6.30. The van der Waals surface area contributed by atoms with Gasteiger partial charge in [0.15, 0.2) is 0 Å². The number of ether oxygens (including phenoxy) is 1. The predicted molar refractivity (Wildman–Crippen MR) is 79.9 cm³/mol. The SMILES string of the molecule is COc1c(C)cc(C(N)c2cc(F)c(Cl)cc2F)cc1C. The van der Waals surface area contributed by atoms with Gasteiger partial charge in [-0.05, 0) is 42.7 Å². The van der Waals surface area contributed by atoms with Gasteiger partial charge in [0, 0.05) is 5.56 Å². The van der Waals surface area contributed by atoms with Crippen LogP contribution in [0.25, 0.3) is 0 Å². The minimum absolute atomic E-state index is 0.0702. The number of nitrogens with two attached hydrogens (primary N) is 1. The summed E-state index contributed by atoms with van der Waals surface area (Å²) in [5.74, 6) is -0.556. The van der Waals surface area contributed by atoms with Gasteiger partial charge in [0.1, 0.15) is 17.4 Å². The molecule has 2 aromatic rings. The first-order chi connectivity index (χ1) is 9.85. The second-order valence-corrected chi connectivity index (χ2v) is 5.36. The van der Waals surface area contributed by atoms with E-state index >= 15 is 0 Å². The van der Waals surface area contributed by atoms with E-state index in [1.165, 1.54) is 0 Å². The fourth-order valence-electron chi connectivity index (χ4n) is 2.44. The van der Waals surface area contributed by atoms with Gasteiger partial charge in [-0.3, -0.25) is 0 Å². The highest BCUT2D eigenvalue weighted by Crippen LogP contribution is 2.31. The Labute approximate surface area is 127 Å². The maximum absolute atomic E-state index is 14.0. The van der Waals surface area contributed by atoms with Crippen molar-refractivity contribution >= 4 is 11.6 Å². The Kier molecular flexibility index (Phi) is 4.49. The number of aryl methyl sites for hydroxylation is 2. The van der Waals surface area contributed by atoms with E-state index in [9.17, 15) is 8.78 Å².